The van der Waals surface area contributed by atoms with Crippen LogP contribution in [0.2, 0.25) is 0 Å². The minimum atomic E-state index is 0.173. The van der Waals surface area contributed by atoms with E-state index in [1.54, 1.807) is 6.07 Å². The van der Waals surface area contributed by atoms with Crippen LogP contribution in [0.5, 0.6) is 0 Å². The fourth-order valence-corrected chi connectivity index (χ4v) is 1.10. The normalized spacial score (nSPS) is 9.43. The topological polar surface area (TPSA) is 74.8 Å². The summed E-state index contributed by atoms with van der Waals surface area (Å²) in [6, 6.07) is 11.1. The molecule has 14 heavy (non-hydrogen) atoms. The Morgan fingerprint density at radius 1 is 1.29 bits per heavy atom. The van der Waals surface area contributed by atoms with E-state index in [0.717, 1.165) is 5.56 Å². The minimum Gasteiger partial charge on any atom is -0.354 e. The number of rotatable bonds is 2. The first kappa shape index (κ1) is 8.34. The minimum absolute atomic E-state index is 0.173. The van der Waals surface area contributed by atoms with Gasteiger partial charge in [0, 0.05) is 16.5 Å². The molecule has 1 aromatic carbocycles. The molecular formula is C9H6N4O. The zero-order valence-corrected chi connectivity index (χ0v) is 7.16. The number of aromatic nitrogens is 1. The van der Waals surface area contributed by atoms with E-state index in [-0.39, 0.29) is 5.88 Å². The highest BCUT2D eigenvalue weighted by Crippen LogP contribution is 2.22. The maximum atomic E-state index is 8.17. The quantitative estimate of drug-likeness (QED) is 0.410. The highest BCUT2D eigenvalue weighted by Gasteiger charge is 2.03. The second-order valence-corrected chi connectivity index (χ2v) is 2.61. The highest BCUT2D eigenvalue weighted by atomic mass is 16.5. The largest absolute Gasteiger partial charge is 0.354 e. The van der Waals surface area contributed by atoms with Gasteiger partial charge in [0.05, 0.1) is 0 Å². The predicted molar refractivity (Wildman–Crippen MR) is 50.7 cm³/mol. The van der Waals surface area contributed by atoms with Crippen LogP contribution in [0.4, 0.5) is 5.88 Å². The molecule has 1 heterocycles. The maximum Gasteiger partial charge on any atom is 0.223 e. The SMILES string of the molecule is [N-]=[N+]=Nc1cc(-c2ccccc2)no1. The van der Waals surface area contributed by atoms with E-state index in [4.69, 9.17) is 10.1 Å². The van der Waals surface area contributed by atoms with Crippen LogP contribution in [-0.2, 0) is 0 Å². The summed E-state index contributed by atoms with van der Waals surface area (Å²) in [5, 5.41) is 7.07. The summed E-state index contributed by atoms with van der Waals surface area (Å²) in [6.07, 6.45) is 0. The highest BCUT2D eigenvalue weighted by molar-refractivity contribution is 5.60. The van der Waals surface area contributed by atoms with Crippen molar-refractivity contribution in [2.75, 3.05) is 0 Å². The summed E-state index contributed by atoms with van der Waals surface area (Å²) >= 11 is 0. The van der Waals surface area contributed by atoms with Crippen molar-refractivity contribution in [1.29, 1.82) is 0 Å². The first-order valence-electron chi connectivity index (χ1n) is 3.97. The van der Waals surface area contributed by atoms with Crippen LogP contribution in [-0.4, -0.2) is 5.16 Å². The Kier molecular flexibility index (Phi) is 2.17. The first-order valence-corrected chi connectivity index (χ1v) is 3.97. The summed E-state index contributed by atoms with van der Waals surface area (Å²) in [4.78, 5) is 2.60. The monoisotopic (exact) mass is 186 g/mol. The van der Waals surface area contributed by atoms with E-state index in [1.165, 1.54) is 0 Å². The molecular weight excluding hydrogens is 180 g/mol. The van der Waals surface area contributed by atoms with Crippen molar-refractivity contribution in [1.82, 2.24) is 5.16 Å². The fourth-order valence-electron chi connectivity index (χ4n) is 1.10. The second kappa shape index (κ2) is 3.64. The van der Waals surface area contributed by atoms with E-state index >= 15 is 0 Å². The van der Waals surface area contributed by atoms with Crippen LogP contribution in [0, 0.1) is 0 Å². The second-order valence-electron chi connectivity index (χ2n) is 2.61. The van der Waals surface area contributed by atoms with Crippen molar-refractivity contribution in [3.05, 3.63) is 46.8 Å². The molecule has 0 atom stereocenters. The molecule has 0 N–H and O–H groups in total. The molecule has 2 aromatic rings. The third-order valence-corrected chi connectivity index (χ3v) is 1.71. The molecule has 0 radical (unpaired) electrons. The molecule has 0 aliphatic carbocycles. The van der Waals surface area contributed by atoms with E-state index in [1.807, 2.05) is 30.3 Å². The predicted octanol–water partition coefficient (Wildman–Crippen LogP) is 3.28. The van der Waals surface area contributed by atoms with Gasteiger partial charge in [-0.3, -0.25) is 0 Å². The molecule has 0 saturated carbocycles. The Labute approximate surface area is 79.6 Å². The number of hydrogen-bond acceptors (Lipinski definition) is 3. The van der Waals surface area contributed by atoms with E-state index in [2.05, 4.69) is 15.2 Å². The summed E-state index contributed by atoms with van der Waals surface area (Å²) in [5.41, 5.74) is 9.76. The van der Waals surface area contributed by atoms with Gasteiger partial charge in [0.25, 0.3) is 0 Å². The molecule has 0 bridgehead atoms. The third-order valence-electron chi connectivity index (χ3n) is 1.71. The van der Waals surface area contributed by atoms with Crippen molar-refractivity contribution in [3.8, 4) is 11.3 Å². The lowest BCUT2D eigenvalue weighted by Gasteiger charge is -1.90. The molecule has 0 aliphatic rings. The average Bonchev–Trinajstić information content (AvgIpc) is 2.68. The Hall–Kier alpha value is -2.26. The molecule has 68 valence electrons. The lowest BCUT2D eigenvalue weighted by atomic mass is 10.2. The summed E-state index contributed by atoms with van der Waals surface area (Å²) in [5.74, 6) is 0.173. The Morgan fingerprint density at radius 3 is 2.79 bits per heavy atom. The van der Waals surface area contributed by atoms with Gasteiger partial charge in [0.15, 0.2) is 0 Å². The smallest absolute Gasteiger partial charge is 0.223 e. The van der Waals surface area contributed by atoms with Crippen LogP contribution in [0.3, 0.4) is 0 Å². The lowest BCUT2D eigenvalue weighted by Crippen LogP contribution is -1.73. The average molecular weight is 186 g/mol. The molecule has 0 unspecified atom stereocenters. The van der Waals surface area contributed by atoms with E-state index in [9.17, 15) is 0 Å². The van der Waals surface area contributed by atoms with Crippen molar-refractivity contribution in [2.45, 2.75) is 0 Å². The van der Waals surface area contributed by atoms with Gasteiger partial charge in [-0.05, 0) is 10.6 Å². The van der Waals surface area contributed by atoms with Gasteiger partial charge in [-0.1, -0.05) is 35.5 Å². The number of hydrogen-bond donors (Lipinski definition) is 0. The molecule has 0 amide bonds. The Balaban J connectivity index is 2.39. The summed E-state index contributed by atoms with van der Waals surface area (Å²) in [7, 11) is 0. The standard InChI is InChI=1S/C9H6N4O/c10-13-11-9-6-8(12-14-9)7-4-2-1-3-5-7/h1-6H. The number of azide groups is 1. The number of nitrogens with zero attached hydrogens (tertiary/aromatic N) is 4. The molecule has 0 aliphatic heterocycles. The van der Waals surface area contributed by atoms with Crippen molar-refractivity contribution in [2.24, 2.45) is 5.11 Å². The molecule has 5 nitrogen and oxygen atoms in total. The Morgan fingerprint density at radius 2 is 2.07 bits per heavy atom. The number of benzene rings is 1. The van der Waals surface area contributed by atoms with Crippen LogP contribution in [0.25, 0.3) is 21.7 Å². The maximum absolute atomic E-state index is 8.17. The van der Waals surface area contributed by atoms with Gasteiger partial charge in [0.2, 0.25) is 5.88 Å². The first-order chi connectivity index (χ1) is 6.90. The molecule has 1 aromatic heterocycles. The molecule has 0 saturated heterocycles. The van der Waals surface area contributed by atoms with Crippen LogP contribution in [0.1, 0.15) is 0 Å². The Bertz CT molecular complexity index is 471. The van der Waals surface area contributed by atoms with Gasteiger partial charge in [-0.15, -0.1) is 0 Å². The fraction of sp³-hybridized carbons (Fsp3) is 0. The van der Waals surface area contributed by atoms with E-state index < -0.39 is 0 Å². The third kappa shape index (κ3) is 1.57. The summed E-state index contributed by atoms with van der Waals surface area (Å²) in [6.45, 7) is 0. The lowest BCUT2D eigenvalue weighted by molar-refractivity contribution is 0.432. The van der Waals surface area contributed by atoms with E-state index in [0.29, 0.717) is 5.69 Å². The van der Waals surface area contributed by atoms with Crippen LogP contribution >= 0.6 is 0 Å². The van der Waals surface area contributed by atoms with Gasteiger partial charge >= 0.3 is 0 Å². The van der Waals surface area contributed by atoms with Crippen molar-refractivity contribution in [3.63, 3.8) is 0 Å². The van der Waals surface area contributed by atoms with Crippen LogP contribution < -0.4 is 0 Å². The van der Waals surface area contributed by atoms with Gasteiger partial charge in [0.1, 0.15) is 5.69 Å². The zero-order chi connectivity index (χ0) is 9.80. The van der Waals surface area contributed by atoms with Crippen molar-refractivity contribution >= 4 is 5.88 Å². The van der Waals surface area contributed by atoms with Gasteiger partial charge in [-0.25, -0.2) is 0 Å². The molecule has 0 fully saturated rings. The zero-order valence-electron chi connectivity index (χ0n) is 7.16. The molecule has 5 heteroatoms. The van der Waals surface area contributed by atoms with Gasteiger partial charge < -0.3 is 4.52 Å². The summed E-state index contributed by atoms with van der Waals surface area (Å²) < 4.78 is 4.79. The van der Waals surface area contributed by atoms with Crippen LogP contribution in [0.15, 0.2) is 46.0 Å². The van der Waals surface area contributed by atoms with Gasteiger partial charge in [-0.2, -0.15) is 0 Å². The molecule has 0 spiro atoms. The molecule has 2 rings (SSSR count). The van der Waals surface area contributed by atoms with Crippen molar-refractivity contribution < 1.29 is 4.52 Å².